The van der Waals surface area contributed by atoms with Crippen LogP contribution >= 0.6 is 0 Å². The number of hydrogen-bond donors (Lipinski definition) is 2. The Hall–Kier alpha value is -4.41. The number of anilines is 2. The molecule has 2 N–H and O–H groups in total. The van der Waals surface area contributed by atoms with Gasteiger partial charge < -0.3 is 15.5 Å². The Kier molecular flexibility index (Phi) is 7.46. The van der Waals surface area contributed by atoms with Gasteiger partial charge in [-0.15, -0.1) is 0 Å². The van der Waals surface area contributed by atoms with Crippen LogP contribution in [0.2, 0.25) is 0 Å². The number of pyridine rings is 1. The molecule has 0 bridgehead atoms. The van der Waals surface area contributed by atoms with Crippen LogP contribution in [0.1, 0.15) is 43.9 Å². The summed E-state index contributed by atoms with van der Waals surface area (Å²) in [5, 5.41) is 10.4. The lowest BCUT2D eigenvalue weighted by Crippen LogP contribution is -2.45. The van der Waals surface area contributed by atoms with Gasteiger partial charge in [0.2, 0.25) is 5.91 Å². The molecule has 4 aromatic rings. The topological polar surface area (TPSA) is 92.2 Å². The van der Waals surface area contributed by atoms with Gasteiger partial charge in [0.15, 0.2) is 5.65 Å². The first-order valence-electron chi connectivity index (χ1n) is 13.6. The molecular weight excluding hydrogens is 545 g/mol. The Balaban J connectivity index is 1.35. The summed E-state index contributed by atoms with van der Waals surface area (Å²) in [7, 11) is 5.40. The molecule has 2 aromatic heterocycles. The Morgan fingerprint density at radius 3 is 2.38 bits per heavy atom. The van der Waals surface area contributed by atoms with Gasteiger partial charge in [-0.05, 0) is 65.3 Å². The Morgan fingerprint density at radius 1 is 1.05 bits per heavy atom. The van der Waals surface area contributed by atoms with Gasteiger partial charge in [0.25, 0.3) is 0 Å². The van der Waals surface area contributed by atoms with Gasteiger partial charge in [-0.3, -0.25) is 9.48 Å². The van der Waals surface area contributed by atoms with E-state index in [9.17, 15) is 22.8 Å². The Labute approximate surface area is 241 Å². The molecule has 220 valence electrons. The zero-order valence-electron chi connectivity index (χ0n) is 24.1. The largest absolute Gasteiger partial charge is 0.416 e. The Morgan fingerprint density at radius 2 is 1.74 bits per heavy atom. The minimum atomic E-state index is -4.50. The van der Waals surface area contributed by atoms with Crippen LogP contribution in [0.25, 0.3) is 22.2 Å². The first-order chi connectivity index (χ1) is 19.7. The van der Waals surface area contributed by atoms with Crippen molar-refractivity contribution in [3.05, 3.63) is 72.1 Å². The number of rotatable bonds is 6. The van der Waals surface area contributed by atoms with Crippen molar-refractivity contribution in [1.82, 2.24) is 19.7 Å². The molecule has 0 radical (unpaired) electrons. The van der Waals surface area contributed by atoms with Crippen molar-refractivity contribution >= 4 is 34.3 Å². The lowest BCUT2D eigenvalue weighted by molar-refractivity contribution is -0.137. The van der Waals surface area contributed by atoms with Crippen molar-refractivity contribution in [3.8, 4) is 11.1 Å². The summed E-state index contributed by atoms with van der Waals surface area (Å²) < 4.78 is 40.7. The predicted molar refractivity (Wildman–Crippen MR) is 156 cm³/mol. The van der Waals surface area contributed by atoms with Crippen LogP contribution in [0.5, 0.6) is 0 Å². The van der Waals surface area contributed by atoms with E-state index in [1.54, 1.807) is 42.0 Å². The molecule has 8 nitrogen and oxygen atoms in total. The van der Waals surface area contributed by atoms with Crippen molar-refractivity contribution < 1.29 is 22.8 Å². The summed E-state index contributed by atoms with van der Waals surface area (Å²) in [6.07, 6.45) is -1.35. The minimum absolute atomic E-state index is 0.0365. The van der Waals surface area contributed by atoms with Crippen molar-refractivity contribution in [2.45, 2.75) is 38.8 Å². The highest BCUT2D eigenvalue weighted by Gasteiger charge is 2.50. The van der Waals surface area contributed by atoms with E-state index in [4.69, 9.17) is 4.98 Å². The molecule has 1 fully saturated rings. The number of halogens is 3. The third kappa shape index (κ3) is 5.68. The number of amides is 3. The van der Waals surface area contributed by atoms with Crippen molar-refractivity contribution in [3.63, 3.8) is 0 Å². The first kappa shape index (κ1) is 29.1. The Bertz CT molecular complexity index is 1640. The van der Waals surface area contributed by atoms with E-state index >= 15 is 0 Å². The van der Waals surface area contributed by atoms with Crippen LogP contribution in [0.4, 0.5) is 29.3 Å². The highest BCUT2D eigenvalue weighted by atomic mass is 19.4. The molecule has 2 atom stereocenters. The molecular formula is C31H33F3N6O2. The number of carbonyl (C=O) groups is 2. The molecule has 1 aliphatic carbocycles. The number of carbonyl (C=O) groups excluding carboxylic acids is 2. The van der Waals surface area contributed by atoms with Crippen LogP contribution < -0.4 is 10.6 Å². The van der Waals surface area contributed by atoms with Gasteiger partial charge in [0.1, 0.15) is 0 Å². The second-order valence-corrected chi connectivity index (χ2v) is 11.6. The number of aromatic nitrogens is 3. The number of fused-ring (bicyclic) bond motifs is 1. The molecule has 5 rings (SSSR count). The monoisotopic (exact) mass is 578 g/mol. The van der Waals surface area contributed by atoms with E-state index < -0.39 is 17.8 Å². The number of alkyl halides is 3. The standard InChI is InChI=1S/C31H33F3N6O2/c1-30(2)20(15-27(41)39(3)4)14-25(30)26-16-23(24-17-35-40(5)28(24)38-26)18-9-11-21(12-10-18)36-29(42)37-22-8-6-7-19(13-22)31(32,33)34/h6-13,16-17,20,25H,14-15H2,1-5H3,(H2,36,37,42)/t20-,25+/m0/s1. The lowest BCUT2D eigenvalue weighted by atomic mass is 9.52. The van der Waals surface area contributed by atoms with Crippen LogP contribution in [-0.2, 0) is 18.0 Å². The smallest absolute Gasteiger partial charge is 0.349 e. The second-order valence-electron chi connectivity index (χ2n) is 11.6. The number of nitrogens with zero attached hydrogens (tertiary/aromatic N) is 4. The van der Waals surface area contributed by atoms with Crippen molar-refractivity contribution in [2.75, 3.05) is 24.7 Å². The maximum Gasteiger partial charge on any atom is 0.416 e. The van der Waals surface area contributed by atoms with Crippen LogP contribution in [0.3, 0.4) is 0 Å². The molecule has 42 heavy (non-hydrogen) atoms. The molecule has 0 unspecified atom stereocenters. The number of benzene rings is 2. The van der Waals surface area contributed by atoms with Gasteiger partial charge in [0.05, 0.1) is 11.8 Å². The molecule has 0 saturated heterocycles. The van der Waals surface area contributed by atoms with Crippen LogP contribution in [0.15, 0.2) is 60.8 Å². The average molecular weight is 579 g/mol. The second kappa shape index (κ2) is 10.8. The molecule has 1 saturated carbocycles. The molecule has 0 aliphatic heterocycles. The quantitative estimate of drug-likeness (QED) is 0.260. The fourth-order valence-corrected chi connectivity index (χ4v) is 5.61. The summed E-state index contributed by atoms with van der Waals surface area (Å²) in [5.74, 6) is 0.563. The van der Waals surface area contributed by atoms with E-state index in [-0.39, 0.29) is 28.8 Å². The fourth-order valence-electron chi connectivity index (χ4n) is 5.61. The van der Waals surface area contributed by atoms with Gasteiger partial charge in [-0.25, -0.2) is 9.78 Å². The summed E-state index contributed by atoms with van der Waals surface area (Å²) in [6.45, 7) is 4.38. The maximum atomic E-state index is 13.0. The normalized spacial score (nSPS) is 17.9. The highest BCUT2D eigenvalue weighted by molar-refractivity contribution is 6.00. The van der Waals surface area contributed by atoms with Gasteiger partial charge >= 0.3 is 12.2 Å². The number of nitrogens with one attached hydrogen (secondary N) is 2. The molecule has 0 spiro atoms. The first-order valence-corrected chi connectivity index (χ1v) is 13.6. The molecule has 2 aromatic carbocycles. The third-order valence-electron chi connectivity index (χ3n) is 8.37. The maximum absolute atomic E-state index is 13.0. The molecule has 1 aliphatic rings. The molecule has 11 heteroatoms. The van der Waals surface area contributed by atoms with E-state index in [1.165, 1.54) is 12.1 Å². The van der Waals surface area contributed by atoms with E-state index in [0.717, 1.165) is 46.4 Å². The van der Waals surface area contributed by atoms with E-state index in [1.807, 2.05) is 19.2 Å². The van der Waals surface area contributed by atoms with Gasteiger partial charge in [-0.2, -0.15) is 18.3 Å². The summed E-state index contributed by atoms with van der Waals surface area (Å²) in [5.41, 5.74) is 3.12. The summed E-state index contributed by atoms with van der Waals surface area (Å²) in [6, 6.07) is 13.1. The van der Waals surface area contributed by atoms with Crippen molar-refractivity contribution in [2.24, 2.45) is 18.4 Å². The third-order valence-corrected chi connectivity index (χ3v) is 8.37. The number of aryl methyl sites for hydroxylation is 1. The lowest BCUT2D eigenvalue weighted by Gasteiger charge is -2.52. The van der Waals surface area contributed by atoms with Crippen molar-refractivity contribution in [1.29, 1.82) is 0 Å². The van der Waals surface area contributed by atoms with E-state index in [2.05, 4.69) is 35.6 Å². The SMILES string of the molecule is CN(C)C(=O)C[C@@H]1C[C@H](c2cc(-c3ccc(NC(=O)Nc4cccc(C(F)(F)F)c4)cc3)c3cnn(C)c3n2)C1(C)C. The zero-order chi connectivity index (χ0) is 30.4. The highest BCUT2D eigenvalue weighted by Crippen LogP contribution is 2.58. The summed E-state index contributed by atoms with van der Waals surface area (Å²) in [4.78, 5) is 31.5. The minimum Gasteiger partial charge on any atom is -0.349 e. The molecule has 3 amide bonds. The summed E-state index contributed by atoms with van der Waals surface area (Å²) >= 11 is 0. The average Bonchev–Trinajstić information content (AvgIpc) is 3.30. The van der Waals surface area contributed by atoms with Crippen LogP contribution in [-0.4, -0.2) is 45.7 Å². The molecule has 2 heterocycles. The fraction of sp³-hybridized carbons (Fsp3) is 0.355. The zero-order valence-corrected chi connectivity index (χ0v) is 24.1. The number of hydrogen-bond acceptors (Lipinski definition) is 4. The number of urea groups is 1. The van der Waals surface area contributed by atoms with Crippen LogP contribution in [0, 0.1) is 11.3 Å². The van der Waals surface area contributed by atoms with Gasteiger partial charge in [-0.1, -0.05) is 32.0 Å². The van der Waals surface area contributed by atoms with E-state index in [0.29, 0.717) is 12.1 Å². The van der Waals surface area contributed by atoms with Gasteiger partial charge in [0, 0.05) is 55.9 Å². The predicted octanol–water partition coefficient (Wildman–Crippen LogP) is 6.91.